The quantitative estimate of drug-likeness (QED) is 0.791. The highest BCUT2D eigenvalue weighted by molar-refractivity contribution is 5.24. The summed E-state index contributed by atoms with van der Waals surface area (Å²) >= 11 is 0. The molecule has 0 amide bonds. The van der Waals surface area contributed by atoms with Crippen LogP contribution in [0.4, 0.5) is 0 Å². The van der Waals surface area contributed by atoms with Gasteiger partial charge in [-0.15, -0.1) is 0 Å². The Morgan fingerprint density at radius 3 is 2.47 bits per heavy atom. The van der Waals surface area contributed by atoms with Crippen LogP contribution in [-0.4, -0.2) is 16.2 Å². The molecule has 0 aromatic carbocycles. The molecule has 17 heavy (non-hydrogen) atoms. The van der Waals surface area contributed by atoms with Crippen molar-refractivity contribution in [3.8, 4) is 0 Å². The molecule has 2 rings (SSSR count). The molecule has 1 aromatic rings. The van der Waals surface area contributed by atoms with Gasteiger partial charge in [0.15, 0.2) is 5.82 Å². The maximum atomic E-state index is 5.58. The van der Waals surface area contributed by atoms with Crippen LogP contribution in [0.5, 0.6) is 0 Å². The molecule has 1 aliphatic heterocycles. The van der Waals surface area contributed by atoms with Gasteiger partial charge in [0.2, 0.25) is 5.89 Å². The molecule has 1 aliphatic rings. The van der Waals surface area contributed by atoms with E-state index >= 15 is 0 Å². The van der Waals surface area contributed by atoms with Crippen molar-refractivity contribution in [2.45, 2.75) is 47.1 Å². The highest BCUT2D eigenvalue weighted by Gasteiger charge is 2.16. The van der Waals surface area contributed by atoms with Crippen molar-refractivity contribution in [1.82, 2.24) is 10.1 Å². The number of nitrogens with zero attached hydrogens (tertiary/aromatic N) is 2. The van der Waals surface area contributed by atoms with Crippen molar-refractivity contribution in [3.63, 3.8) is 0 Å². The van der Waals surface area contributed by atoms with E-state index in [1.54, 1.807) is 0 Å². The summed E-state index contributed by atoms with van der Waals surface area (Å²) in [6.45, 7) is 9.78. The van der Waals surface area contributed by atoms with Crippen LogP contribution in [0, 0.1) is 6.92 Å². The standard InChI is InChI=1S/C11H14N2O2.C2H6/c1-7-4-5-10(8(2)14-7)6-11-12-9(3)13-15-11;1-2/h4-5,8H,6H2,1-3H3;1-2H3. The summed E-state index contributed by atoms with van der Waals surface area (Å²) in [7, 11) is 0. The Kier molecular flexibility index (Phi) is 4.94. The third-order valence-electron chi connectivity index (χ3n) is 2.34. The lowest BCUT2D eigenvalue weighted by Crippen LogP contribution is -2.15. The molecule has 0 spiro atoms. The predicted octanol–water partition coefficient (Wildman–Crippen LogP) is 3.20. The van der Waals surface area contributed by atoms with Crippen LogP contribution in [0.25, 0.3) is 0 Å². The van der Waals surface area contributed by atoms with Gasteiger partial charge >= 0.3 is 0 Å². The largest absolute Gasteiger partial charge is 0.491 e. The first-order valence-corrected chi connectivity index (χ1v) is 5.98. The number of ether oxygens (including phenoxy) is 1. The second-order valence-corrected chi connectivity index (χ2v) is 3.69. The highest BCUT2D eigenvalue weighted by Crippen LogP contribution is 2.20. The Bertz CT molecular complexity index is 419. The number of hydrogen-bond donors (Lipinski definition) is 0. The first-order valence-electron chi connectivity index (χ1n) is 5.98. The minimum Gasteiger partial charge on any atom is -0.491 e. The average Bonchev–Trinajstić information content (AvgIpc) is 2.71. The molecule has 1 atom stereocenters. The summed E-state index contributed by atoms with van der Waals surface area (Å²) < 4.78 is 10.6. The summed E-state index contributed by atoms with van der Waals surface area (Å²) in [5.74, 6) is 2.25. The van der Waals surface area contributed by atoms with Gasteiger partial charge in [-0.1, -0.05) is 25.1 Å². The normalized spacial score (nSPS) is 18.5. The Morgan fingerprint density at radius 2 is 1.94 bits per heavy atom. The number of aryl methyl sites for hydroxylation is 1. The number of aromatic nitrogens is 2. The van der Waals surface area contributed by atoms with Crippen molar-refractivity contribution in [2.75, 3.05) is 0 Å². The van der Waals surface area contributed by atoms with E-state index in [1.165, 1.54) is 0 Å². The molecule has 4 nitrogen and oxygen atoms in total. The molecule has 0 N–H and O–H groups in total. The fourth-order valence-electron chi connectivity index (χ4n) is 1.54. The van der Waals surface area contributed by atoms with E-state index in [1.807, 2.05) is 40.7 Å². The molecule has 0 bridgehead atoms. The Labute approximate surface area is 102 Å². The summed E-state index contributed by atoms with van der Waals surface area (Å²) in [4.78, 5) is 4.16. The molecule has 2 heterocycles. The van der Waals surface area contributed by atoms with Crippen molar-refractivity contribution in [2.24, 2.45) is 0 Å². The number of rotatable bonds is 2. The van der Waals surface area contributed by atoms with Gasteiger partial charge in [0.05, 0.1) is 12.2 Å². The van der Waals surface area contributed by atoms with Crippen LogP contribution < -0.4 is 0 Å². The van der Waals surface area contributed by atoms with Gasteiger partial charge in [-0.3, -0.25) is 0 Å². The summed E-state index contributed by atoms with van der Waals surface area (Å²) in [5.41, 5.74) is 1.16. The highest BCUT2D eigenvalue weighted by atomic mass is 16.5. The van der Waals surface area contributed by atoms with Crippen LogP contribution in [0.2, 0.25) is 0 Å². The van der Waals surface area contributed by atoms with E-state index in [4.69, 9.17) is 9.26 Å². The lowest BCUT2D eigenvalue weighted by atomic mass is 10.1. The van der Waals surface area contributed by atoms with Crippen molar-refractivity contribution >= 4 is 0 Å². The van der Waals surface area contributed by atoms with E-state index in [-0.39, 0.29) is 6.10 Å². The molecule has 4 heteroatoms. The van der Waals surface area contributed by atoms with Gasteiger partial charge in [-0.2, -0.15) is 4.98 Å². The van der Waals surface area contributed by atoms with Gasteiger partial charge in [0.1, 0.15) is 6.10 Å². The second-order valence-electron chi connectivity index (χ2n) is 3.69. The SMILES string of the molecule is CC.CC1=CC=C(Cc2nc(C)no2)C(C)O1. The summed E-state index contributed by atoms with van der Waals surface area (Å²) in [5, 5.41) is 3.75. The molecular formula is C13H20N2O2. The van der Waals surface area contributed by atoms with Gasteiger partial charge in [-0.25, -0.2) is 0 Å². The van der Waals surface area contributed by atoms with Crippen LogP contribution in [-0.2, 0) is 11.2 Å². The fraction of sp³-hybridized carbons (Fsp3) is 0.538. The number of allylic oxidation sites excluding steroid dienone is 3. The Morgan fingerprint density at radius 1 is 1.24 bits per heavy atom. The van der Waals surface area contributed by atoms with E-state index in [0.717, 1.165) is 11.3 Å². The van der Waals surface area contributed by atoms with Crippen molar-refractivity contribution in [1.29, 1.82) is 0 Å². The number of hydrogen-bond acceptors (Lipinski definition) is 4. The zero-order chi connectivity index (χ0) is 12.8. The smallest absolute Gasteiger partial charge is 0.230 e. The minimum absolute atomic E-state index is 0.0854. The van der Waals surface area contributed by atoms with Crippen LogP contribution in [0.3, 0.4) is 0 Å². The zero-order valence-electron chi connectivity index (χ0n) is 11.2. The van der Waals surface area contributed by atoms with Crippen molar-refractivity contribution in [3.05, 3.63) is 35.2 Å². The maximum Gasteiger partial charge on any atom is 0.230 e. The zero-order valence-corrected chi connectivity index (χ0v) is 11.2. The second kappa shape index (κ2) is 6.23. The van der Waals surface area contributed by atoms with Crippen LogP contribution in [0.15, 0.2) is 28.0 Å². The molecule has 1 unspecified atom stereocenters. The predicted molar refractivity (Wildman–Crippen MR) is 66.5 cm³/mol. The third-order valence-corrected chi connectivity index (χ3v) is 2.34. The first kappa shape index (κ1) is 13.5. The molecular weight excluding hydrogens is 216 g/mol. The average molecular weight is 236 g/mol. The third kappa shape index (κ3) is 3.73. The molecule has 0 aliphatic carbocycles. The van der Waals surface area contributed by atoms with Gasteiger partial charge in [0.25, 0.3) is 0 Å². The molecule has 1 aromatic heterocycles. The van der Waals surface area contributed by atoms with Gasteiger partial charge < -0.3 is 9.26 Å². The first-order chi connectivity index (χ1) is 8.15. The fourth-order valence-corrected chi connectivity index (χ4v) is 1.54. The molecule has 0 radical (unpaired) electrons. The lowest BCUT2D eigenvalue weighted by Gasteiger charge is -2.20. The minimum atomic E-state index is 0.0854. The van der Waals surface area contributed by atoms with E-state index in [2.05, 4.69) is 16.2 Å². The monoisotopic (exact) mass is 236 g/mol. The lowest BCUT2D eigenvalue weighted by molar-refractivity contribution is 0.154. The van der Waals surface area contributed by atoms with Crippen LogP contribution in [0.1, 0.15) is 39.4 Å². The van der Waals surface area contributed by atoms with Crippen LogP contribution >= 0.6 is 0 Å². The topological polar surface area (TPSA) is 48.2 Å². The summed E-state index contributed by atoms with van der Waals surface area (Å²) in [6.07, 6.45) is 4.76. The van der Waals surface area contributed by atoms with Crippen molar-refractivity contribution < 1.29 is 9.26 Å². The molecule has 94 valence electrons. The van der Waals surface area contributed by atoms with Gasteiger partial charge in [0, 0.05) is 0 Å². The maximum absolute atomic E-state index is 5.58. The Balaban J connectivity index is 0.000000686. The van der Waals surface area contributed by atoms with E-state index < -0.39 is 0 Å². The summed E-state index contributed by atoms with van der Waals surface area (Å²) in [6, 6.07) is 0. The van der Waals surface area contributed by atoms with E-state index in [0.29, 0.717) is 18.1 Å². The molecule has 0 saturated heterocycles. The van der Waals surface area contributed by atoms with E-state index in [9.17, 15) is 0 Å². The van der Waals surface area contributed by atoms with Gasteiger partial charge in [-0.05, 0) is 32.4 Å². The molecule has 0 saturated carbocycles. The Hall–Kier alpha value is -1.58. The molecule has 0 fully saturated rings.